The van der Waals surface area contributed by atoms with Crippen molar-refractivity contribution in [3.63, 3.8) is 0 Å². The zero-order chi connectivity index (χ0) is 14.8. The first-order chi connectivity index (χ1) is 10.2. The maximum absolute atomic E-state index is 12.7. The number of carbonyl (C=O) groups is 1. The Hall–Kier alpha value is -1.66. The van der Waals surface area contributed by atoms with Gasteiger partial charge in [-0.2, -0.15) is 0 Å². The molecule has 1 fully saturated rings. The van der Waals surface area contributed by atoms with Gasteiger partial charge < -0.3 is 14.6 Å². The highest BCUT2D eigenvalue weighted by atomic mass is 32.1. The average Bonchev–Trinajstić information content (AvgIpc) is 3.16. The summed E-state index contributed by atoms with van der Waals surface area (Å²) in [6.45, 7) is 3.87. The van der Waals surface area contributed by atoms with E-state index in [1.807, 2.05) is 31.0 Å². The first-order valence-corrected chi connectivity index (χ1v) is 7.97. The average molecular weight is 305 g/mol. The van der Waals surface area contributed by atoms with Crippen molar-refractivity contribution in [2.24, 2.45) is 0 Å². The molecule has 112 valence electrons. The van der Waals surface area contributed by atoms with Gasteiger partial charge in [-0.1, -0.05) is 0 Å². The van der Waals surface area contributed by atoms with Gasteiger partial charge in [-0.3, -0.25) is 4.79 Å². The molecule has 1 N–H and O–H groups in total. The molecule has 0 spiro atoms. The zero-order valence-electron chi connectivity index (χ0n) is 12.3. The van der Waals surface area contributed by atoms with Crippen LogP contribution < -0.4 is 5.32 Å². The summed E-state index contributed by atoms with van der Waals surface area (Å²) in [5, 5.41) is 4.08. The van der Waals surface area contributed by atoms with Crippen molar-refractivity contribution in [1.82, 2.24) is 15.2 Å². The summed E-state index contributed by atoms with van der Waals surface area (Å²) in [5.41, 5.74) is 0.549. The molecule has 1 aliphatic rings. The smallest absolute Gasteiger partial charge is 0.273 e. The fourth-order valence-electron chi connectivity index (χ4n) is 2.63. The van der Waals surface area contributed by atoms with Crippen molar-refractivity contribution in [2.45, 2.75) is 25.8 Å². The molecule has 0 saturated carbocycles. The molecule has 0 atom stereocenters. The summed E-state index contributed by atoms with van der Waals surface area (Å²) in [6, 6.07) is 3.99. The number of carbonyl (C=O) groups excluding carboxylic acids is 1. The lowest BCUT2D eigenvalue weighted by Gasteiger charge is -2.31. The third-order valence-corrected chi connectivity index (χ3v) is 4.89. The van der Waals surface area contributed by atoms with Gasteiger partial charge in [0.15, 0.2) is 10.8 Å². The molecule has 0 bridgehead atoms. The van der Waals surface area contributed by atoms with Gasteiger partial charge in [-0.05, 0) is 45.0 Å². The normalized spacial score (nSPS) is 16.1. The van der Waals surface area contributed by atoms with Crippen LogP contribution in [0.4, 0.5) is 0 Å². The second kappa shape index (κ2) is 5.99. The van der Waals surface area contributed by atoms with Crippen molar-refractivity contribution in [3.8, 4) is 10.8 Å². The molecule has 21 heavy (non-hydrogen) atoms. The SMILES string of the molecule is Cc1sc(-c2ccco2)nc1C(=O)N(C)C1CCNCC1. The summed E-state index contributed by atoms with van der Waals surface area (Å²) >= 11 is 1.50. The lowest BCUT2D eigenvalue weighted by Crippen LogP contribution is -2.44. The van der Waals surface area contributed by atoms with Crippen LogP contribution in [-0.4, -0.2) is 42.0 Å². The Morgan fingerprint density at radius 1 is 1.48 bits per heavy atom. The van der Waals surface area contributed by atoms with Gasteiger partial charge >= 0.3 is 0 Å². The molecule has 6 heteroatoms. The quantitative estimate of drug-likeness (QED) is 0.946. The zero-order valence-corrected chi connectivity index (χ0v) is 13.1. The minimum absolute atomic E-state index is 0.00783. The summed E-state index contributed by atoms with van der Waals surface area (Å²) in [4.78, 5) is 19.9. The van der Waals surface area contributed by atoms with E-state index in [1.54, 1.807) is 6.26 Å². The number of aryl methyl sites for hydroxylation is 1. The van der Waals surface area contributed by atoms with Gasteiger partial charge in [0.25, 0.3) is 5.91 Å². The fraction of sp³-hybridized carbons (Fsp3) is 0.467. The van der Waals surface area contributed by atoms with Crippen molar-refractivity contribution < 1.29 is 9.21 Å². The van der Waals surface area contributed by atoms with E-state index in [1.165, 1.54) is 11.3 Å². The van der Waals surface area contributed by atoms with Crippen LogP contribution in [0.25, 0.3) is 10.8 Å². The van der Waals surface area contributed by atoms with Gasteiger partial charge in [-0.15, -0.1) is 11.3 Å². The first-order valence-electron chi connectivity index (χ1n) is 7.16. The third-order valence-electron chi connectivity index (χ3n) is 3.91. The monoisotopic (exact) mass is 305 g/mol. The van der Waals surface area contributed by atoms with E-state index in [0.717, 1.165) is 35.8 Å². The van der Waals surface area contributed by atoms with E-state index < -0.39 is 0 Å². The number of hydrogen-bond acceptors (Lipinski definition) is 5. The van der Waals surface area contributed by atoms with Crippen LogP contribution in [0.5, 0.6) is 0 Å². The van der Waals surface area contributed by atoms with Crippen LogP contribution in [0.15, 0.2) is 22.8 Å². The molecule has 2 aromatic heterocycles. The van der Waals surface area contributed by atoms with Crippen LogP contribution >= 0.6 is 11.3 Å². The predicted octanol–water partition coefficient (Wildman–Crippen LogP) is 2.54. The van der Waals surface area contributed by atoms with Gasteiger partial charge in [0.05, 0.1) is 6.26 Å². The van der Waals surface area contributed by atoms with Crippen LogP contribution in [0.3, 0.4) is 0 Å². The first kappa shape index (κ1) is 14.3. The molecule has 0 radical (unpaired) electrons. The number of nitrogens with one attached hydrogen (secondary N) is 1. The molecule has 0 aliphatic carbocycles. The predicted molar refractivity (Wildman–Crippen MR) is 82.5 cm³/mol. The lowest BCUT2D eigenvalue weighted by atomic mass is 10.1. The van der Waals surface area contributed by atoms with Gasteiger partial charge in [0, 0.05) is 18.0 Å². The molecule has 0 aromatic carbocycles. The van der Waals surface area contributed by atoms with Gasteiger partial charge in [0.1, 0.15) is 5.69 Å². The minimum Gasteiger partial charge on any atom is -0.462 e. The van der Waals surface area contributed by atoms with Gasteiger partial charge in [-0.25, -0.2) is 4.98 Å². The largest absolute Gasteiger partial charge is 0.462 e. The Bertz CT molecular complexity index is 615. The van der Waals surface area contributed by atoms with E-state index >= 15 is 0 Å². The third kappa shape index (κ3) is 2.87. The Balaban J connectivity index is 1.81. The van der Waals surface area contributed by atoms with E-state index in [4.69, 9.17) is 4.42 Å². The Labute approximate surface area is 128 Å². The number of thiazole rings is 1. The second-order valence-corrected chi connectivity index (χ2v) is 6.50. The van der Waals surface area contributed by atoms with Crippen molar-refractivity contribution >= 4 is 17.2 Å². The fourth-order valence-corrected chi connectivity index (χ4v) is 3.50. The molecule has 3 rings (SSSR count). The number of piperidine rings is 1. The minimum atomic E-state index is 0.00783. The Morgan fingerprint density at radius 3 is 2.90 bits per heavy atom. The molecular weight excluding hydrogens is 286 g/mol. The highest BCUT2D eigenvalue weighted by molar-refractivity contribution is 7.15. The van der Waals surface area contributed by atoms with Crippen LogP contribution in [0.1, 0.15) is 28.2 Å². The van der Waals surface area contributed by atoms with Crippen molar-refractivity contribution in [3.05, 3.63) is 29.0 Å². The Morgan fingerprint density at radius 2 is 2.24 bits per heavy atom. The number of nitrogens with zero attached hydrogens (tertiary/aromatic N) is 2. The number of hydrogen-bond donors (Lipinski definition) is 1. The summed E-state index contributed by atoms with van der Waals surface area (Å²) in [7, 11) is 1.88. The van der Waals surface area contributed by atoms with Gasteiger partial charge in [0.2, 0.25) is 0 Å². The highest BCUT2D eigenvalue weighted by Gasteiger charge is 2.26. The maximum atomic E-state index is 12.7. The molecule has 1 aliphatic heterocycles. The summed E-state index contributed by atoms with van der Waals surface area (Å²) in [6.07, 6.45) is 3.61. The van der Waals surface area contributed by atoms with E-state index in [9.17, 15) is 4.79 Å². The molecule has 0 unspecified atom stereocenters. The number of rotatable bonds is 3. The topological polar surface area (TPSA) is 58.4 Å². The molecule has 5 nitrogen and oxygen atoms in total. The lowest BCUT2D eigenvalue weighted by molar-refractivity contribution is 0.0697. The number of aromatic nitrogens is 1. The number of furan rings is 1. The molecular formula is C15H19N3O2S. The van der Waals surface area contributed by atoms with Crippen molar-refractivity contribution in [1.29, 1.82) is 0 Å². The number of amides is 1. The summed E-state index contributed by atoms with van der Waals surface area (Å²) in [5.74, 6) is 0.722. The van der Waals surface area contributed by atoms with Crippen molar-refractivity contribution in [2.75, 3.05) is 20.1 Å². The van der Waals surface area contributed by atoms with E-state index in [-0.39, 0.29) is 5.91 Å². The standard InChI is InChI=1S/C15H19N3O2S/c1-10-13(17-14(21-10)12-4-3-9-20-12)15(19)18(2)11-5-7-16-8-6-11/h3-4,9,11,16H,5-8H2,1-2H3. The van der Waals surface area contributed by atoms with Crippen LogP contribution in [0, 0.1) is 6.92 Å². The molecule has 3 heterocycles. The van der Waals surface area contributed by atoms with Crippen LogP contribution in [-0.2, 0) is 0 Å². The summed E-state index contributed by atoms with van der Waals surface area (Å²) < 4.78 is 5.36. The molecule has 1 amide bonds. The maximum Gasteiger partial charge on any atom is 0.273 e. The van der Waals surface area contributed by atoms with E-state index in [0.29, 0.717) is 17.5 Å². The Kier molecular flexibility index (Phi) is 4.07. The van der Waals surface area contributed by atoms with Crippen LogP contribution in [0.2, 0.25) is 0 Å². The highest BCUT2D eigenvalue weighted by Crippen LogP contribution is 2.29. The molecule has 2 aromatic rings. The second-order valence-electron chi connectivity index (χ2n) is 5.30. The molecule has 1 saturated heterocycles. The van der Waals surface area contributed by atoms with E-state index in [2.05, 4.69) is 10.3 Å².